The van der Waals surface area contributed by atoms with Crippen molar-refractivity contribution in [1.29, 1.82) is 0 Å². The minimum Gasteiger partial charge on any atom is -0.459 e. The molecule has 2 saturated heterocycles. The fourth-order valence-electron chi connectivity index (χ4n) is 4.04. The van der Waals surface area contributed by atoms with Crippen LogP contribution in [0.1, 0.15) is 25.0 Å². The van der Waals surface area contributed by atoms with Gasteiger partial charge in [0.25, 0.3) is 16.0 Å². The predicted molar refractivity (Wildman–Crippen MR) is 117 cm³/mol. The van der Waals surface area contributed by atoms with Crippen molar-refractivity contribution in [1.82, 2.24) is 4.90 Å². The number of β-lactam (4-membered cyclic amide) rings is 1. The Morgan fingerprint density at radius 2 is 1.67 bits per heavy atom. The Morgan fingerprint density at radius 1 is 1.06 bits per heavy atom. The maximum absolute atomic E-state index is 13.2. The van der Waals surface area contributed by atoms with Crippen molar-refractivity contribution in [3.63, 3.8) is 0 Å². The summed E-state index contributed by atoms with van der Waals surface area (Å²) in [6, 6.07) is 13.1. The van der Waals surface area contributed by atoms with Gasteiger partial charge in [-0.15, -0.1) is 0 Å². The Morgan fingerprint density at radius 3 is 2.27 bits per heavy atom. The molecule has 11 heteroatoms. The summed E-state index contributed by atoms with van der Waals surface area (Å²) in [4.78, 5) is 26.4. The molecule has 0 bridgehead atoms. The van der Waals surface area contributed by atoms with Gasteiger partial charge in [-0.05, 0) is 38.5 Å². The van der Waals surface area contributed by atoms with E-state index in [-0.39, 0.29) is 11.5 Å². The summed E-state index contributed by atoms with van der Waals surface area (Å²) in [6.07, 6.45) is -1.77. The Hall–Kier alpha value is -2.76. The second-order valence-electron chi connectivity index (χ2n) is 8.56. The minimum atomic E-state index is -4.41. The number of hydrogen-bond acceptors (Lipinski definition) is 8. The molecule has 0 aromatic heterocycles. The second kappa shape index (κ2) is 7.93. The van der Waals surface area contributed by atoms with E-state index in [4.69, 9.17) is 8.92 Å². The van der Waals surface area contributed by atoms with Crippen molar-refractivity contribution in [3.05, 3.63) is 65.7 Å². The van der Waals surface area contributed by atoms with Gasteiger partial charge < -0.3 is 9.64 Å². The van der Waals surface area contributed by atoms with Crippen LogP contribution in [0.25, 0.3) is 0 Å². The molecule has 0 saturated carbocycles. The van der Waals surface area contributed by atoms with Gasteiger partial charge in [0.1, 0.15) is 17.4 Å². The number of fused-ring (bicyclic) bond motifs is 1. The zero-order valence-corrected chi connectivity index (χ0v) is 19.8. The molecule has 0 spiro atoms. The summed E-state index contributed by atoms with van der Waals surface area (Å²) in [6.45, 7) is 4.30. The van der Waals surface area contributed by atoms with E-state index in [0.29, 0.717) is 5.56 Å². The van der Waals surface area contributed by atoms with Crippen LogP contribution < -0.4 is 0 Å². The first-order valence-corrected chi connectivity index (χ1v) is 13.1. The highest BCUT2D eigenvalue weighted by atomic mass is 32.2. The van der Waals surface area contributed by atoms with E-state index in [2.05, 4.69) is 0 Å². The highest BCUT2D eigenvalue weighted by molar-refractivity contribution is 7.94. The van der Waals surface area contributed by atoms with Crippen LogP contribution in [-0.2, 0) is 45.1 Å². The SMILES string of the molecule is Cc1ccc(S(=O)(=O)O[C@H]2C(=O)N3[C@@H](C(=O)OCc4ccccc4)C(C)(C)S(=O)(=O)[C@H]23)cc1. The minimum absolute atomic E-state index is 0.0965. The molecule has 176 valence electrons. The van der Waals surface area contributed by atoms with Crippen LogP contribution in [0.3, 0.4) is 0 Å². The van der Waals surface area contributed by atoms with Crippen molar-refractivity contribution >= 4 is 31.8 Å². The highest BCUT2D eigenvalue weighted by Gasteiger charge is 2.73. The van der Waals surface area contributed by atoms with Gasteiger partial charge in [-0.1, -0.05) is 48.0 Å². The summed E-state index contributed by atoms with van der Waals surface area (Å²) >= 11 is 0. The summed E-state index contributed by atoms with van der Waals surface area (Å²) < 4.78 is 60.4. The summed E-state index contributed by atoms with van der Waals surface area (Å²) in [5.41, 5.74) is 1.51. The van der Waals surface area contributed by atoms with Gasteiger partial charge in [0.2, 0.25) is 0 Å². The van der Waals surface area contributed by atoms with Gasteiger partial charge in [-0.25, -0.2) is 17.4 Å². The van der Waals surface area contributed by atoms with Crippen LogP contribution in [-0.4, -0.2) is 55.9 Å². The predicted octanol–water partition coefficient (Wildman–Crippen LogP) is 1.56. The Balaban J connectivity index is 1.58. The van der Waals surface area contributed by atoms with Crippen LogP contribution in [0.15, 0.2) is 59.5 Å². The monoisotopic (exact) mass is 493 g/mol. The van der Waals surface area contributed by atoms with Crippen LogP contribution >= 0.6 is 0 Å². The Kier molecular flexibility index (Phi) is 5.62. The smallest absolute Gasteiger partial charge is 0.330 e. The van der Waals surface area contributed by atoms with E-state index in [0.717, 1.165) is 10.5 Å². The van der Waals surface area contributed by atoms with Gasteiger partial charge in [0.05, 0.1) is 4.90 Å². The first-order valence-electron chi connectivity index (χ1n) is 10.1. The highest BCUT2D eigenvalue weighted by Crippen LogP contribution is 2.47. The largest absolute Gasteiger partial charge is 0.459 e. The van der Waals surface area contributed by atoms with E-state index in [1.165, 1.54) is 26.0 Å². The molecule has 0 N–H and O–H groups in total. The van der Waals surface area contributed by atoms with E-state index in [9.17, 15) is 26.4 Å². The molecule has 0 radical (unpaired) electrons. The number of carbonyl (C=O) groups is 2. The molecule has 0 unspecified atom stereocenters. The summed E-state index contributed by atoms with van der Waals surface area (Å²) in [5, 5.41) is -1.60. The third kappa shape index (κ3) is 3.73. The van der Waals surface area contributed by atoms with E-state index in [1.807, 2.05) is 0 Å². The third-order valence-corrected chi connectivity index (χ3v) is 10.1. The lowest BCUT2D eigenvalue weighted by atomic mass is 9.97. The summed E-state index contributed by atoms with van der Waals surface area (Å²) in [7, 11) is -8.58. The van der Waals surface area contributed by atoms with Gasteiger partial charge in [0.15, 0.2) is 21.3 Å². The maximum atomic E-state index is 13.2. The van der Waals surface area contributed by atoms with Crippen LogP contribution in [0.4, 0.5) is 0 Å². The van der Waals surface area contributed by atoms with Crippen LogP contribution in [0.5, 0.6) is 0 Å². The number of nitrogens with zero attached hydrogens (tertiary/aromatic N) is 1. The first-order chi connectivity index (χ1) is 15.4. The van der Waals surface area contributed by atoms with Crippen molar-refractivity contribution in [2.24, 2.45) is 0 Å². The number of hydrogen-bond donors (Lipinski definition) is 0. The van der Waals surface area contributed by atoms with Gasteiger partial charge in [-0.2, -0.15) is 8.42 Å². The van der Waals surface area contributed by atoms with Crippen molar-refractivity contribution in [2.75, 3.05) is 0 Å². The lowest BCUT2D eigenvalue weighted by Gasteiger charge is -2.41. The molecule has 2 heterocycles. The average molecular weight is 494 g/mol. The standard InChI is InChI=1S/C22H23NO8S2/c1-14-9-11-16(12-10-14)33(28,29)31-17-19(24)23-18(22(2,3)32(26,27)20(17)23)21(25)30-13-15-7-5-4-6-8-15/h4-12,17-18,20H,13H2,1-3H3/t17-,18-,20+/m0/s1. The number of benzene rings is 2. The maximum Gasteiger partial charge on any atom is 0.330 e. The molecular formula is C22H23NO8S2. The molecular weight excluding hydrogens is 470 g/mol. The molecule has 1 amide bonds. The first kappa shape index (κ1) is 23.4. The summed E-state index contributed by atoms with van der Waals surface area (Å²) in [5.74, 6) is -1.78. The molecule has 3 atom stereocenters. The average Bonchev–Trinajstić information content (AvgIpc) is 2.91. The van der Waals surface area contributed by atoms with Crippen molar-refractivity contribution < 1.29 is 35.3 Å². The molecule has 2 aliphatic heterocycles. The zero-order chi connectivity index (χ0) is 24.2. The number of carbonyl (C=O) groups excluding carboxylic acids is 2. The quantitative estimate of drug-likeness (QED) is 0.337. The van der Waals surface area contributed by atoms with Crippen LogP contribution in [0.2, 0.25) is 0 Å². The van der Waals surface area contributed by atoms with E-state index in [1.54, 1.807) is 49.4 Å². The van der Waals surface area contributed by atoms with Gasteiger partial charge in [-0.3, -0.25) is 4.79 Å². The fourth-order valence-corrected chi connectivity index (χ4v) is 7.31. The molecule has 2 aromatic rings. The molecule has 33 heavy (non-hydrogen) atoms. The zero-order valence-electron chi connectivity index (χ0n) is 18.2. The number of sulfone groups is 1. The molecule has 2 aliphatic rings. The normalized spacial score (nSPS) is 25.2. The molecule has 0 aliphatic carbocycles. The third-order valence-electron chi connectivity index (χ3n) is 6.01. The number of amides is 1. The number of esters is 1. The molecule has 2 fully saturated rings. The number of ether oxygens (including phenoxy) is 1. The number of aryl methyl sites for hydroxylation is 1. The second-order valence-corrected chi connectivity index (χ2v) is 12.8. The van der Waals surface area contributed by atoms with E-state index >= 15 is 0 Å². The molecule has 4 rings (SSSR count). The topological polar surface area (TPSA) is 124 Å². The molecule has 2 aromatic carbocycles. The van der Waals surface area contributed by atoms with Crippen molar-refractivity contribution in [3.8, 4) is 0 Å². The Bertz CT molecular complexity index is 1300. The van der Waals surface area contributed by atoms with Gasteiger partial charge in [0, 0.05) is 0 Å². The van der Waals surface area contributed by atoms with Crippen molar-refractivity contribution in [2.45, 2.75) is 54.5 Å². The van der Waals surface area contributed by atoms with Gasteiger partial charge >= 0.3 is 5.97 Å². The molecule has 9 nitrogen and oxygen atoms in total. The van der Waals surface area contributed by atoms with E-state index < -0.39 is 54.1 Å². The lowest BCUT2D eigenvalue weighted by molar-refractivity contribution is -0.170. The van der Waals surface area contributed by atoms with Crippen LogP contribution in [0, 0.1) is 6.92 Å². The lowest BCUT2D eigenvalue weighted by Crippen LogP contribution is -2.68. The fraction of sp³-hybridized carbons (Fsp3) is 0.364. The Labute approximate surface area is 192 Å². The number of rotatable bonds is 6.